The molecule has 1 aliphatic heterocycles. The lowest BCUT2D eigenvalue weighted by atomic mass is 10.0. The van der Waals surface area contributed by atoms with Crippen LogP contribution in [0.25, 0.3) is 0 Å². The summed E-state index contributed by atoms with van der Waals surface area (Å²) in [7, 11) is 0. The second-order valence-electron chi connectivity index (χ2n) is 8.19. The number of nitrogens with one attached hydrogen (secondary N) is 2. The molecule has 0 saturated heterocycles. The number of halogens is 2. The molecule has 2 N–H and O–H groups in total. The first-order valence-electron chi connectivity index (χ1n) is 10.8. The summed E-state index contributed by atoms with van der Waals surface area (Å²) in [6, 6.07) is 2.35. The number of aromatic nitrogens is 3. The van der Waals surface area contributed by atoms with Gasteiger partial charge in [0.05, 0.1) is 11.3 Å². The quantitative estimate of drug-likeness (QED) is 0.420. The number of anilines is 1. The first-order chi connectivity index (χ1) is 16.2. The predicted molar refractivity (Wildman–Crippen MR) is 116 cm³/mol. The van der Waals surface area contributed by atoms with Gasteiger partial charge in [0.25, 0.3) is 17.6 Å². The van der Waals surface area contributed by atoms with Crippen LogP contribution in [0.1, 0.15) is 69.6 Å². The summed E-state index contributed by atoms with van der Waals surface area (Å²) in [5.74, 6) is -3.79. The lowest BCUT2D eigenvalue weighted by Crippen LogP contribution is -2.35. The topological polar surface area (TPSA) is 119 Å². The van der Waals surface area contributed by atoms with Crippen LogP contribution in [0, 0.1) is 25.5 Å². The minimum Gasteiger partial charge on any atom is -0.341 e. The van der Waals surface area contributed by atoms with E-state index in [1.807, 2.05) is 0 Å². The molecule has 1 unspecified atom stereocenters. The zero-order chi connectivity index (χ0) is 24.6. The molecular weight excluding hydrogens is 448 g/mol. The van der Waals surface area contributed by atoms with Crippen molar-refractivity contribution in [3.8, 4) is 0 Å². The second kappa shape index (κ2) is 9.16. The number of carbonyl (C=O) groups excluding carboxylic acids is 3. The largest absolute Gasteiger partial charge is 0.341 e. The van der Waals surface area contributed by atoms with Crippen molar-refractivity contribution in [1.82, 2.24) is 20.0 Å². The summed E-state index contributed by atoms with van der Waals surface area (Å²) in [5, 5.41) is 8.78. The number of Topliss-reactive ketones (excluding diaryl/α,β-unsaturated/α-hetero) is 1. The molecule has 1 aromatic carbocycles. The molecule has 2 aromatic heterocycles. The van der Waals surface area contributed by atoms with E-state index in [9.17, 15) is 23.2 Å². The molecule has 0 spiro atoms. The second-order valence-corrected chi connectivity index (χ2v) is 8.19. The van der Waals surface area contributed by atoms with E-state index in [1.165, 1.54) is 6.07 Å². The third-order valence-electron chi connectivity index (χ3n) is 5.75. The van der Waals surface area contributed by atoms with E-state index >= 15 is 0 Å². The van der Waals surface area contributed by atoms with Gasteiger partial charge >= 0.3 is 0 Å². The van der Waals surface area contributed by atoms with E-state index in [1.54, 1.807) is 25.3 Å². The summed E-state index contributed by atoms with van der Waals surface area (Å²) in [6.07, 6.45) is 2.13. The van der Waals surface area contributed by atoms with Crippen LogP contribution in [-0.4, -0.2) is 32.3 Å². The Morgan fingerprint density at radius 3 is 2.59 bits per heavy atom. The lowest BCUT2D eigenvalue weighted by molar-refractivity contribution is -0.117. The smallest absolute Gasteiger partial charge is 0.294 e. The summed E-state index contributed by atoms with van der Waals surface area (Å²) in [5.41, 5.74) is 1.42. The Labute approximate surface area is 193 Å². The number of aryl methyl sites for hydroxylation is 1. The molecule has 34 heavy (non-hydrogen) atoms. The highest BCUT2D eigenvalue weighted by Gasteiger charge is 2.33. The Bertz CT molecular complexity index is 1300. The summed E-state index contributed by atoms with van der Waals surface area (Å²) in [4.78, 5) is 43.1. The number of hydrogen-bond donors (Lipinski definition) is 2. The number of nitrogens with zero attached hydrogens (tertiary/aromatic N) is 3. The fourth-order valence-corrected chi connectivity index (χ4v) is 4.16. The van der Waals surface area contributed by atoms with Crippen molar-refractivity contribution in [1.29, 1.82) is 0 Å². The van der Waals surface area contributed by atoms with E-state index in [4.69, 9.17) is 4.52 Å². The lowest BCUT2D eigenvalue weighted by Gasteiger charge is -2.18. The van der Waals surface area contributed by atoms with Crippen LogP contribution in [0.5, 0.6) is 0 Å². The van der Waals surface area contributed by atoms with Gasteiger partial charge in [-0.3, -0.25) is 14.4 Å². The zero-order valence-electron chi connectivity index (χ0n) is 18.9. The highest BCUT2D eigenvalue weighted by atomic mass is 19.2. The standard InChI is InChI=1S/C23H23F2N5O4/c1-11-18(21(32)28-14-7-8-15(24)16(25)10-14)17-6-4-5-9-30(17)19(11)20(31)22(33)26-12(2)23-27-13(3)29-34-23/h7-8,10,12H,4-6,9H2,1-3H3,(H,26,33)(H,28,32). The molecule has 1 aliphatic rings. The van der Waals surface area contributed by atoms with Crippen LogP contribution in [-0.2, 0) is 17.8 Å². The number of rotatable bonds is 6. The molecule has 9 nitrogen and oxygen atoms in total. The molecule has 0 bridgehead atoms. The highest BCUT2D eigenvalue weighted by molar-refractivity contribution is 6.43. The van der Waals surface area contributed by atoms with Gasteiger partial charge < -0.3 is 19.7 Å². The van der Waals surface area contributed by atoms with Gasteiger partial charge in [0.15, 0.2) is 17.5 Å². The van der Waals surface area contributed by atoms with E-state index in [2.05, 4.69) is 20.8 Å². The molecule has 0 aliphatic carbocycles. The summed E-state index contributed by atoms with van der Waals surface area (Å²) in [6.45, 7) is 5.31. The predicted octanol–water partition coefficient (Wildman–Crippen LogP) is 3.41. The molecule has 3 aromatic rings. The van der Waals surface area contributed by atoms with Crippen molar-refractivity contribution in [2.75, 3.05) is 5.32 Å². The van der Waals surface area contributed by atoms with Gasteiger partial charge in [-0.2, -0.15) is 4.98 Å². The van der Waals surface area contributed by atoms with Crippen molar-refractivity contribution in [3.05, 3.63) is 64.1 Å². The van der Waals surface area contributed by atoms with Crippen LogP contribution in [0.15, 0.2) is 22.7 Å². The van der Waals surface area contributed by atoms with Gasteiger partial charge in [-0.25, -0.2) is 8.78 Å². The average molecular weight is 471 g/mol. The molecule has 3 heterocycles. The van der Waals surface area contributed by atoms with Crippen molar-refractivity contribution in [2.45, 2.75) is 52.6 Å². The molecule has 0 saturated carbocycles. The van der Waals surface area contributed by atoms with Gasteiger partial charge in [0.2, 0.25) is 5.89 Å². The van der Waals surface area contributed by atoms with Gasteiger partial charge in [0.1, 0.15) is 6.04 Å². The number of benzene rings is 1. The van der Waals surface area contributed by atoms with Crippen molar-refractivity contribution >= 4 is 23.3 Å². The number of ketones is 1. The van der Waals surface area contributed by atoms with Gasteiger partial charge in [-0.15, -0.1) is 0 Å². The van der Waals surface area contributed by atoms with E-state index in [-0.39, 0.29) is 22.8 Å². The number of amides is 2. The maximum atomic E-state index is 13.6. The Balaban J connectivity index is 1.63. The minimum atomic E-state index is -1.09. The van der Waals surface area contributed by atoms with Crippen LogP contribution < -0.4 is 10.6 Å². The maximum absolute atomic E-state index is 13.6. The van der Waals surface area contributed by atoms with Crippen molar-refractivity contribution < 1.29 is 27.7 Å². The minimum absolute atomic E-state index is 0.0772. The molecule has 2 amide bonds. The number of hydrogen-bond acceptors (Lipinski definition) is 6. The molecule has 178 valence electrons. The number of fused-ring (bicyclic) bond motifs is 1. The molecule has 0 radical (unpaired) electrons. The number of carbonyl (C=O) groups is 3. The maximum Gasteiger partial charge on any atom is 0.294 e. The highest BCUT2D eigenvalue weighted by Crippen LogP contribution is 2.30. The Morgan fingerprint density at radius 1 is 1.15 bits per heavy atom. The average Bonchev–Trinajstić information content (AvgIpc) is 3.36. The van der Waals surface area contributed by atoms with Gasteiger partial charge in [-0.05, 0) is 57.7 Å². The first-order valence-corrected chi connectivity index (χ1v) is 10.8. The van der Waals surface area contributed by atoms with E-state index < -0.39 is 35.3 Å². The van der Waals surface area contributed by atoms with Gasteiger partial charge in [-0.1, -0.05) is 5.16 Å². The Hall–Kier alpha value is -3.89. The van der Waals surface area contributed by atoms with Gasteiger partial charge in [0, 0.05) is 24.0 Å². The first kappa shape index (κ1) is 23.3. The molecule has 11 heteroatoms. The Morgan fingerprint density at radius 2 is 1.91 bits per heavy atom. The van der Waals surface area contributed by atoms with Crippen LogP contribution >= 0.6 is 0 Å². The monoisotopic (exact) mass is 471 g/mol. The zero-order valence-corrected chi connectivity index (χ0v) is 18.9. The molecular formula is C23H23F2N5O4. The molecule has 1 atom stereocenters. The normalized spacial score (nSPS) is 13.8. The summed E-state index contributed by atoms with van der Waals surface area (Å²) < 4.78 is 33.5. The van der Waals surface area contributed by atoms with E-state index in [0.29, 0.717) is 30.0 Å². The van der Waals surface area contributed by atoms with Crippen LogP contribution in [0.4, 0.5) is 14.5 Å². The van der Waals surface area contributed by atoms with E-state index in [0.717, 1.165) is 25.0 Å². The fourth-order valence-electron chi connectivity index (χ4n) is 4.16. The fraction of sp³-hybridized carbons (Fsp3) is 0.348. The third kappa shape index (κ3) is 4.33. The van der Waals surface area contributed by atoms with Crippen molar-refractivity contribution in [2.24, 2.45) is 0 Å². The SMILES string of the molecule is Cc1noc(C(C)NC(=O)C(=O)c2c(C)c(C(=O)Nc3ccc(F)c(F)c3)c3n2CCCC3)n1. The third-order valence-corrected chi connectivity index (χ3v) is 5.75. The van der Waals surface area contributed by atoms with Crippen LogP contribution in [0.3, 0.4) is 0 Å². The van der Waals surface area contributed by atoms with Crippen LogP contribution in [0.2, 0.25) is 0 Å². The van der Waals surface area contributed by atoms with Crippen molar-refractivity contribution in [3.63, 3.8) is 0 Å². The molecule has 0 fully saturated rings. The molecule has 4 rings (SSSR count). The summed E-state index contributed by atoms with van der Waals surface area (Å²) >= 11 is 0. The Kier molecular flexibility index (Phi) is 6.27.